The van der Waals surface area contributed by atoms with Crippen LogP contribution in [0.25, 0.3) is 0 Å². The second kappa shape index (κ2) is 6.41. The van der Waals surface area contributed by atoms with Gasteiger partial charge in [0.15, 0.2) is 0 Å². The van der Waals surface area contributed by atoms with Crippen LogP contribution in [-0.2, 0) is 0 Å². The molecule has 0 heterocycles. The number of aliphatic hydroxyl groups is 1. The number of hydrogen-bond donors (Lipinski definition) is 1. The number of halogens is 4. The van der Waals surface area contributed by atoms with Gasteiger partial charge in [-0.05, 0) is 31.2 Å². The summed E-state index contributed by atoms with van der Waals surface area (Å²) in [6, 6.07) is 6.60. The zero-order valence-corrected chi connectivity index (χ0v) is 10.7. The van der Waals surface area contributed by atoms with Gasteiger partial charge in [0.05, 0.1) is 12.6 Å². The molecule has 102 valence electrons. The van der Waals surface area contributed by atoms with E-state index in [2.05, 4.69) is 0 Å². The Morgan fingerprint density at radius 1 is 1.28 bits per heavy atom. The third kappa shape index (κ3) is 5.71. The van der Waals surface area contributed by atoms with Crippen molar-refractivity contribution in [1.82, 2.24) is 4.90 Å². The molecule has 1 unspecified atom stereocenters. The average molecular weight is 282 g/mol. The van der Waals surface area contributed by atoms with E-state index < -0.39 is 18.8 Å². The van der Waals surface area contributed by atoms with Gasteiger partial charge in [-0.3, -0.25) is 4.90 Å². The van der Waals surface area contributed by atoms with Crippen molar-refractivity contribution in [3.63, 3.8) is 0 Å². The van der Waals surface area contributed by atoms with Crippen molar-refractivity contribution in [2.45, 2.75) is 18.7 Å². The Labute approximate surface area is 109 Å². The van der Waals surface area contributed by atoms with Gasteiger partial charge in [-0.15, -0.1) is 0 Å². The van der Waals surface area contributed by atoms with Crippen LogP contribution in [0.4, 0.5) is 13.2 Å². The molecule has 2 nitrogen and oxygen atoms in total. The van der Waals surface area contributed by atoms with E-state index in [1.807, 2.05) is 0 Å². The maximum Gasteiger partial charge on any atom is 0.401 e. The van der Waals surface area contributed by atoms with E-state index in [4.69, 9.17) is 11.6 Å². The highest BCUT2D eigenvalue weighted by Gasteiger charge is 2.29. The third-order valence-corrected chi connectivity index (χ3v) is 2.74. The molecule has 1 aromatic carbocycles. The molecule has 1 atom stereocenters. The highest BCUT2D eigenvalue weighted by atomic mass is 35.5. The topological polar surface area (TPSA) is 23.5 Å². The number of rotatable bonds is 5. The number of aliphatic hydroxyl groups excluding tert-OH is 1. The molecule has 6 heteroatoms. The lowest BCUT2D eigenvalue weighted by atomic mass is 10.1. The fraction of sp³-hybridized carbons (Fsp3) is 0.500. The van der Waals surface area contributed by atoms with E-state index >= 15 is 0 Å². The van der Waals surface area contributed by atoms with Gasteiger partial charge in [0.1, 0.15) is 0 Å². The van der Waals surface area contributed by atoms with Crippen LogP contribution in [0.5, 0.6) is 0 Å². The van der Waals surface area contributed by atoms with Crippen LogP contribution >= 0.6 is 11.6 Å². The smallest absolute Gasteiger partial charge is 0.388 e. The summed E-state index contributed by atoms with van der Waals surface area (Å²) in [5.74, 6) is 0. The van der Waals surface area contributed by atoms with Gasteiger partial charge >= 0.3 is 6.18 Å². The summed E-state index contributed by atoms with van der Waals surface area (Å²) < 4.78 is 36.2. The van der Waals surface area contributed by atoms with Crippen molar-refractivity contribution in [2.75, 3.05) is 20.1 Å². The summed E-state index contributed by atoms with van der Waals surface area (Å²) >= 11 is 5.70. The summed E-state index contributed by atoms with van der Waals surface area (Å²) in [7, 11) is 1.38. The van der Waals surface area contributed by atoms with E-state index in [9.17, 15) is 18.3 Å². The quantitative estimate of drug-likeness (QED) is 0.895. The maximum absolute atomic E-state index is 12.1. The number of alkyl halides is 3. The number of nitrogens with zero attached hydrogens (tertiary/aromatic N) is 1. The minimum atomic E-state index is -4.21. The molecule has 0 saturated carbocycles. The van der Waals surface area contributed by atoms with Gasteiger partial charge in [0.2, 0.25) is 0 Å². The maximum atomic E-state index is 12.1. The molecule has 0 spiro atoms. The monoisotopic (exact) mass is 281 g/mol. The summed E-state index contributed by atoms with van der Waals surface area (Å²) in [6.45, 7) is -0.802. The highest BCUT2D eigenvalue weighted by Crippen LogP contribution is 2.20. The van der Waals surface area contributed by atoms with E-state index in [0.29, 0.717) is 10.6 Å². The van der Waals surface area contributed by atoms with Crippen molar-refractivity contribution >= 4 is 11.6 Å². The molecule has 1 rings (SSSR count). The van der Waals surface area contributed by atoms with Crippen molar-refractivity contribution in [3.05, 3.63) is 34.9 Å². The number of benzene rings is 1. The summed E-state index contributed by atoms with van der Waals surface area (Å²) in [5, 5.41) is 10.4. The van der Waals surface area contributed by atoms with Gasteiger partial charge < -0.3 is 5.11 Å². The molecule has 0 aliphatic carbocycles. The lowest BCUT2D eigenvalue weighted by Crippen LogP contribution is -2.32. The molecule has 0 amide bonds. The average Bonchev–Trinajstić information content (AvgIpc) is 2.24. The third-order valence-electron chi connectivity index (χ3n) is 2.49. The molecule has 1 N–H and O–H groups in total. The fourth-order valence-electron chi connectivity index (χ4n) is 1.58. The Hall–Kier alpha value is -0.780. The van der Waals surface area contributed by atoms with Crippen LogP contribution in [0.15, 0.2) is 24.3 Å². The lowest BCUT2D eigenvalue weighted by molar-refractivity contribution is -0.143. The first-order valence-electron chi connectivity index (χ1n) is 5.47. The lowest BCUT2D eigenvalue weighted by Gasteiger charge is -2.20. The molecule has 0 aromatic heterocycles. The Balaban J connectivity index is 2.41. The zero-order chi connectivity index (χ0) is 13.8. The number of hydrogen-bond acceptors (Lipinski definition) is 2. The Morgan fingerprint density at radius 3 is 2.33 bits per heavy atom. The molecule has 0 bridgehead atoms. The predicted octanol–water partition coefficient (Wildman–Crippen LogP) is 3.26. The normalized spacial score (nSPS) is 13.9. The predicted molar refractivity (Wildman–Crippen MR) is 64.6 cm³/mol. The first-order valence-corrected chi connectivity index (χ1v) is 5.84. The van der Waals surface area contributed by atoms with Gasteiger partial charge in [0.25, 0.3) is 0 Å². The van der Waals surface area contributed by atoms with Gasteiger partial charge in [-0.2, -0.15) is 13.2 Å². The molecule has 0 aliphatic heterocycles. The Bertz CT molecular complexity index is 367. The molecule has 0 fully saturated rings. The summed E-state index contributed by atoms with van der Waals surface area (Å²) in [5.41, 5.74) is 0.653. The van der Waals surface area contributed by atoms with Crippen LogP contribution in [0.1, 0.15) is 18.1 Å². The molecular weight excluding hydrogens is 267 g/mol. The van der Waals surface area contributed by atoms with Crippen molar-refractivity contribution < 1.29 is 18.3 Å². The Kier molecular flexibility index (Phi) is 5.44. The van der Waals surface area contributed by atoms with Gasteiger partial charge in [-0.25, -0.2) is 0 Å². The second-order valence-corrected chi connectivity index (χ2v) is 4.65. The van der Waals surface area contributed by atoms with Crippen LogP contribution in [0.3, 0.4) is 0 Å². The van der Waals surface area contributed by atoms with E-state index in [-0.39, 0.29) is 13.0 Å². The molecule has 0 saturated heterocycles. The molecule has 1 aromatic rings. The van der Waals surface area contributed by atoms with Crippen LogP contribution in [-0.4, -0.2) is 36.3 Å². The minimum absolute atomic E-state index is 0.170. The molecule has 0 radical (unpaired) electrons. The van der Waals surface area contributed by atoms with Crippen molar-refractivity contribution in [1.29, 1.82) is 0 Å². The molecular formula is C12H15ClF3NO. The minimum Gasteiger partial charge on any atom is -0.388 e. The van der Waals surface area contributed by atoms with E-state index in [1.165, 1.54) is 7.05 Å². The molecule has 0 aliphatic rings. The van der Waals surface area contributed by atoms with Crippen LogP contribution < -0.4 is 0 Å². The highest BCUT2D eigenvalue weighted by molar-refractivity contribution is 6.30. The second-order valence-electron chi connectivity index (χ2n) is 4.21. The SMILES string of the molecule is CN(CCC(O)c1ccc(Cl)cc1)CC(F)(F)F. The Morgan fingerprint density at radius 2 is 1.83 bits per heavy atom. The fourth-order valence-corrected chi connectivity index (χ4v) is 1.71. The largest absolute Gasteiger partial charge is 0.401 e. The first kappa shape index (κ1) is 15.3. The van der Waals surface area contributed by atoms with Gasteiger partial charge in [-0.1, -0.05) is 23.7 Å². The molecule has 18 heavy (non-hydrogen) atoms. The summed E-state index contributed by atoms with van der Waals surface area (Å²) in [4.78, 5) is 1.14. The van der Waals surface area contributed by atoms with Crippen LogP contribution in [0.2, 0.25) is 5.02 Å². The first-order chi connectivity index (χ1) is 8.28. The van der Waals surface area contributed by atoms with E-state index in [1.54, 1.807) is 24.3 Å². The van der Waals surface area contributed by atoms with Gasteiger partial charge in [0, 0.05) is 11.6 Å². The van der Waals surface area contributed by atoms with Crippen molar-refractivity contribution in [3.8, 4) is 0 Å². The van der Waals surface area contributed by atoms with Crippen molar-refractivity contribution in [2.24, 2.45) is 0 Å². The summed E-state index contributed by atoms with van der Waals surface area (Å²) in [6.07, 6.45) is -4.74. The standard InChI is InChI=1S/C12H15ClF3NO/c1-17(8-12(14,15)16)7-6-11(18)9-2-4-10(13)5-3-9/h2-5,11,18H,6-8H2,1H3. The van der Waals surface area contributed by atoms with E-state index in [0.717, 1.165) is 4.90 Å². The van der Waals surface area contributed by atoms with Crippen LogP contribution in [0, 0.1) is 0 Å². The zero-order valence-electron chi connectivity index (χ0n) is 9.91.